The number of Topliss-reactive ketones (excluding diaryl/α,β-unsaturated/α-hetero) is 2. The number of rotatable bonds is 14. The molecule has 53 heavy (non-hydrogen) atoms. The molecule has 0 aromatic heterocycles. The molecule has 4 aromatic carbocycles. The Morgan fingerprint density at radius 2 is 0.943 bits per heavy atom. The summed E-state index contributed by atoms with van der Waals surface area (Å²) in [4.78, 5) is 23.8. The first-order chi connectivity index (χ1) is 24.5. The van der Waals surface area contributed by atoms with Gasteiger partial charge in [0.1, 0.15) is 42.5 Å². The van der Waals surface area contributed by atoms with Crippen molar-refractivity contribution in [2.45, 2.75) is 62.5 Å². The average Bonchev–Trinajstić information content (AvgIpc) is 3.09. The van der Waals surface area contributed by atoms with Crippen molar-refractivity contribution in [1.82, 2.24) is 0 Å². The number of hydrogen-bond acceptors (Lipinski definition) is 12. The molecule has 0 amide bonds. The van der Waals surface area contributed by atoms with E-state index in [4.69, 9.17) is 29.4 Å². The first-order valence-electron chi connectivity index (χ1n) is 16.1. The number of ketones is 2. The smallest absolute Gasteiger partial charge is 0.297 e. The maximum absolute atomic E-state index is 12.0. The van der Waals surface area contributed by atoms with E-state index in [1.165, 1.54) is 52.0 Å². The second kappa shape index (κ2) is 19.8. The summed E-state index contributed by atoms with van der Waals surface area (Å²) in [5.74, 6) is 0.327. The third kappa shape index (κ3) is 15.8. The molecule has 0 unspecified atom stereocenters. The van der Waals surface area contributed by atoms with E-state index in [0.29, 0.717) is 22.6 Å². The van der Waals surface area contributed by atoms with Crippen LogP contribution in [0.2, 0.25) is 0 Å². The summed E-state index contributed by atoms with van der Waals surface area (Å²) < 4.78 is 61.0. The molecule has 0 saturated carbocycles. The van der Waals surface area contributed by atoms with Crippen molar-refractivity contribution in [3.8, 4) is 11.5 Å². The number of benzene rings is 4. The standard InChI is InChI=1S/C19H22O6S.C12H16O4.C7H7ClO2S/c1-14-4-10-17(11-5-14)26(22,23)25-13-12-24-16-8-6-15(7-9-16)18(20)19(2,3)21;1-12(2,15)11(14)9-3-5-10(6-4-9)16-8-7-13;1-6-2-4-7(5-3-6)11(8,9)10/h4-11,21H,12-13H2,1-3H3;3-6,13,15H,7-8H2,1-2H3;2-5H,1H3. The molecule has 15 heteroatoms. The molecule has 4 aromatic rings. The van der Waals surface area contributed by atoms with E-state index < -0.39 is 36.2 Å². The number of hydrogen-bond donors (Lipinski definition) is 3. The lowest BCUT2D eigenvalue weighted by atomic mass is 9.97. The number of aryl methyl sites for hydroxylation is 2. The molecule has 3 N–H and O–H groups in total. The third-order valence-corrected chi connectivity index (χ3v) is 9.60. The zero-order valence-electron chi connectivity index (χ0n) is 30.3. The zero-order valence-corrected chi connectivity index (χ0v) is 32.7. The lowest BCUT2D eigenvalue weighted by Crippen LogP contribution is -2.30. The van der Waals surface area contributed by atoms with E-state index in [1.54, 1.807) is 72.8 Å². The van der Waals surface area contributed by atoms with Crippen molar-refractivity contribution < 1.29 is 55.4 Å². The first-order valence-corrected chi connectivity index (χ1v) is 19.8. The van der Waals surface area contributed by atoms with Gasteiger partial charge in [-0.3, -0.25) is 13.8 Å². The van der Waals surface area contributed by atoms with Gasteiger partial charge in [0.2, 0.25) is 0 Å². The van der Waals surface area contributed by atoms with Gasteiger partial charge in [-0.25, -0.2) is 8.42 Å². The second-order valence-corrected chi connectivity index (χ2v) is 16.8. The van der Waals surface area contributed by atoms with Crippen LogP contribution in [0.1, 0.15) is 59.5 Å². The number of carbonyl (C=O) groups excluding carboxylic acids is 2. The fourth-order valence-corrected chi connectivity index (χ4v) is 5.71. The molecular formula is C38H45ClO12S2. The lowest BCUT2D eigenvalue weighted by Gasteiger charge is -2.15. The molecular weight excluding hydrogens is 748 g/mol. The van der Waals surface area contributed by atoms with Crippen LogP contribution in [0.4, 0.5) is 0 Å². The van der Waals surface area contributed by atoms with Crippen LogP contribution in [0, 0.1) is 13.8 Å². The molecule has 288 valence electrons. The maximum Gasteiger partial charge on any atom is 0.297 e. The van der Waals surface area contributed by atoms with Crippen molar-refractivity contribution >= 4 is 41.4 Å². The van der Waals surface area contributed by atoms with Crippen molar-refractivity contribution in [3.63, 3.8) is 0 Å². The number of ether oxygens (including phenoxy) is 2. The van der Waals surface area contributed by atoms with Crippen molar-refractivity contribution in [1.29, 1.82) is 0 Å². The van der Waals surface area contributed by atoms with Gasteiger partial charge in [-0.05, 0) is 114 Å². The van der Waals surface area contributed by atoms with E-state index in [0.717, 1.165) is 11.1 Å². The second-order valence-electron chi connectivity index (χ2n) is 12.6. The Hall–Kier alpha value is -4.15. The van der Waals surface area contributed by atoms with Gasteiger partial charge in [-0.2, -0.15) is 8.42 Å². The molecule has 0 aliphatic rings. The van der Waals surface area contributed by atoms with E-state index in [2.05, 4.69) is 0 Å². The van der Waals surface area contributed by atoms with Gasteiger partial charge in [-0.1, -0.05) is 35.4 Å². The molecule has 0 aliphatic carbocycles. The van der Waals surface area contributed by atoms with Crippen LogP contribution in [0.3, 0.4) is 0 Å². The summed E-state index contributed by atoms with van der Waals surface area (Å²) in [6.45, 7) is 9.55. The minimum atomic E-state index is -3.82. The Morgan fingerprint density at radius 1 is 0.585 bits per heavy atom. The molecule has 4 rings (SSSR count). The fourth-order valence-electron chi connectivity index (χ4n) is 4.05. The molecule has 0 heterocycles. The lowest BCUT2D eigenvalue weighted by molar-refractivity contribution is 0.0487. The predicted octanol–water partition coefficient (Wildman–Crippen LogP) is 5.67. The fraction of sp³-hybridized carbons (Fsp3) is 0.316. The van der Waals surface area contributed by atoms with E-state index >= 15 is 0 Å². The van der Waals surface area contributed by atoms with E-state index in [-0.39, 0.29) is 42.0 Å². The summed E-state index contributed by atoms with van der Waals surface area (Å²) in [6, 6.07) is 25.4. The summed E-state index contributed by atoms with van der Waals surface area (Å²) in [6.07, 6.45) is 0. The quantitative estimate of drug-likeness (QED) is 0.0615. The van der Waals surface area contributed by atoms with Crippen LogP contribution in [0.25, 0.3) is 0 Å². The van der Waals surface area contributed by atoms with Crippen LogP contribution in [-0.4, -0.2) is 81.4 Å². The van der Waals surface area contributed by atoms with Crippen molar-refractivity contribution in [2.75, 3.05) is 26.4 Å². The SMILES string of the molecule is CC(C)(O)C(=O)c1ccc(OCCO)cc1.Cc1ccc(S(=O)(=O)Cl)cc1.Cc1ccc(S(=O)(=O)OCCOc2ccc(C(=O)C(C)(C)O)cc2)cc1. The van der Waals surface area contributed by atoms with Gasteiger partial charge >= 0.3 is 0 Å². The predicted molar refractivity (Wildman–Crippen MR) is 201 cm³/mol. The largest absolute Gasteiger partial charge is 0.491 e. The third-order valence-electron chi connectivity index (χ3n) is 6.91. The number of halogens is 1. The highest BCUT2D eigenvalue weighted by atomic mass is 35.7. The molecule has 0 atom stereocenters. The Labute approximate surface area is 315 Å². The molecule has 0 spiro atoms. The molecule has 0 aliphatic heterocycles. The van der Waals surface area contributed by atoms with E-state index in [1.807, 2.05) is 13.8 Å². The van der Waals surface area contributed by atoms with E-state index in [9.17, 15) is 36.6 Å². The van der Waals surface area contributed by atoms with Crippen molar-refractivity contribution in [3.05, 3.63) is 119 Å². The topological polar surface area (TPSA) is 191 Å². The molecule has 12 nitrogen and oxygen atoms in total. The molecule has 0 bridgehead atoms. The summed E-state index contributed by atoms with van der Waals surface area (Å²) >= 11 is 0. The van der Waals surface area contributed by atoms with Gasteiger partial charge < -0.3 is 24.8 Å². The minimum absolute atomic E-state index is 0.0316. The maximum atomic E-state index is 12.0. The number of aliphatic hydroxyl groups is 3. The Bertz CT molecular complexity index is 1980. The normalized spacial score (nSPS) is 11.7. The number of carbonyl (C=O) groups is 2. The van der Waals surface area contributed by atoms with Crippen LogP contribution in [0.5, 0.6) is 11.5 Å². The molecule has 0 radical (unpaired) electrons. The highest BCUT2D eigenvalue weighted by Crippen LogP contribution is 2.19. The highest BCUT2D eigenvalue weighted by Gasteiger charge is 2.26. The summed E-state index contributed by atoms with van der Waals surface area (Å²) in [5, 5.41) is 27.8. The minimum Gasteiger partial charge on any atom is -0.491 e. The van der Waals surface area contributed by atoms with Crippen molar-refractivity contribution in [2.24, 2.45) is 0 Å². The number of aliphatic hydroxyl groups excluding tert-OH is 1. The Kier molecular flexibility index (Phi) is 16.8. The summed E-state index contributed by atoms with van der Waals surface area (Å²) in [7, 11) is -2.28. The van der Waals surface area contributed by atoms with Gasteiger partial charge in [-0.15, -0.1) is 0 Å². The van der Waals surface area contributed by atoms with Gasteiger partial charge in [0.05, 0.1) is 16.4 Å². The van der Waals surface area contributed by atoms with Crippen LogP contribution < -0.4 is 9.47 Å². The average molecular weight is 793 g/mol. The highest BCUT2D eigenvalue weighted by molar-refractivity contribution is 8.13. The van der Waals surface area contributed by atoms with Gasteiger partial charge in [0.25, 0.3) is 19.2 Å². The van der Waals surface area contributed by atoms with Crippen LogP contribution in [0.15, 0.2) is 107 Å². The van der Waals surface area contributed by atoms with Crippen LogP contribution >= 0.6 is 10.7 Å². The Balaban J connectivity index is 0.000000305. The Morgan fingerprint density at radius 3 is 1.28 bits per heavy atom. The first kappa shape index (κ1) is 45.0. The van der Waals surface area contributed by atoms with Gasteiger partial charge in [0, 0.05) is 21.8 Å². The molecule has 0 fully saturated rings. The monoisotopic (exact) mass is 792 g/mol. The van der Waals surface area contributed by atoms with Crippen LogP contribution in [-0.2, 0) is 23.4 Å². The summed E-state index contributed by atoms with van der Waals surface area (Å²) in [5.41, 5.74) is -0.0478. The zero-order chi connectivity index (χ0) is 40.0. The molecule has 0 saturated heterocycles. The van der Waals surface area contributed by atoms with Gasteiger partial charge in [0.15, 0.2) is 11.6 Å².